The third-order valence-electron chi connectivity index (χ3n) is 6.83. The van der Waals surface area contributed by atoms with E-state index in [1.54, 1.807) is 24.3 Å². The number of nitrogens with one attached hydrogen (secondary N) is 1. The predicted octanol–water partition coefficient (Wildman–Crippen LogP) is 6.26. The van der Waals surface area contributed by atoms with E-state index >= 15 is 0 Å². The predicted molar refractivity (Wildman–Crippen MR) is 158 cm³/mol. The average Bonchev–Trinajstić information content (AvgIpc) is 2.87. The highest BCUT2D eigenvalue weighted by molar-refractivity contribution is 7.90. The van der Waals surface area contributed by atoms with E-state index < -0.39 is 15.9 Å². The number of benzene rings is 3. The van der Waals surface area contributed by atoms with Crippen molar-refractivity contribution >= 4 is 26.7 Å². The van der Waals surface area contributed by atoms with E-state index in [4.69, 9.17) is 4.98 Å². The quantitative estimate of drug-likeness (QED) is 0.270. The molecule has 1 amide bonds. The summed E-state index contributed by atoms with van der Waals surface area (Å²) < 4.78 is 28.3. The van der Waals surface area contributed by atoms with Gasteiger partial charge in [-0.25, -0.2) is 13.1 Å². The van der Waals surface area contributed by atoms with E-state index in [1.807, 2.05) is 43.4 Å². The van der Waals surface area contributed by atoms with Gasteiger partial charge in [-0.2, -0.15) is 0 Å². The van der Waals surface area contributed by atoms with Crippen LogP contribution in [0.15, 0.2) is 77.8 Å². The molecule has 0 saturated carbocycles. The van der Waals surface area contributed by atoms with Crippen LogP contribution in [0.25, 0.3) is 22.0 Å². The van der Waals surface area contributed by atoms with Crippen LogP contribution in [-0.4, -0.2) is 38.3 Å². The Labute approximate surface area is 232 Å². The third kappa shape index (κ3) is 6.54. The second-order valence-corrected chi connectivity index (χ2v) is 12.6. The fraction of sp³-hybridized carbons (Fsp3) is 0.312. The van der Waals surface area contributed by atoms with Crippen LogP contribution in [0.1, 0.15) is 61.8 Å². The SMILES string of the molecule is CC(C)c1cc(-c2nccc3ccccc23)cc(C(C)C)c1CC(=O)NS(=O)(=O)c1ccc(CN(C)C)cc1. The Balaban J connectivity index is 1.68. The number of amides is 1. The highest BCUT2D eigenvalue weighted by Crippen LogP contribution is 2.35. The second kappa shape index (κ2) is 11.7. The molecule has 0 spiro atoms. The van der Waals surface area contributed by atoms with E-state index in [1.165, 1.54) is 0 Å². The molecule has 4 aromatic rings. The largest absolute Gasteiger partial charge is 0.305 e. The fourth-order valence-corrected chi connectivity index (χ4v) is 5.97. The maximum atomic E-state index is 13.2. The molecule has 0 radical (unpaired) electrons. The minimum atomic E-state index is -3.99. The van der Waals surface area contributed by atoms with Crippen molar-refractivity contribution in [1.82, 2.24) is 14.6 Å². The van der Waals surface area contributed by atoms with Crippen molar-refractivity contribution in [3.8, 4) is 11.3 Å². The normalized spacial score (nSPS) is 12.0. The summed E-state index contributed by atoms with van der Waals surface area (Å²) in [4.78, 5) is 20.0. The molecule has 39 heavy (non-hydrogen) atoms. The Morgan fingerprint density at radius 1 is 0.897 bits per heavy atom. The maximum absolute atomic E-state index is 13.2. The van der Waals surface area contributed by atoms with Crippen LogP contribution in [0, 0.1) is 0 Å². The van der Waals surface area contributed by atoms with E-state index in [-0.39, 0.29) is 23.2 Å². The summed E-state index contributed by atoms with van der Waals surface area (Å²) in [6, 6.07) is 21.0. The number of pyridine rings is 1. The molecule has 0 aliphatic rings. The average molecular weight is 544 g/mol. The van der Waals surface area contributed by atoms with Crippen molar-refractivity contribution in [2.75, 3.05) is 14.1 Å². The number of hydrogen-bond acceptors (Lipinski definition) is 5. The molecule has 6 nitrogen and oxygen atoms in total. The zero-order valence-corrected chi connectivity index (χ0v) is 24.3. The number of carbonyl (C=O) groups is 1. The van der Waals surface area contributed by atoms with Crippen molar-refractivity contribution in [3.05, 3.63) is 95.2 Å². The Bertz CT molecular complexity index is 1560. The number of sulfonamides is 1. The molecule has 0 fully saturated rings. The third-order valence-corrected chi connectivity index (χ3v) is 8.22. The van der Waals surface area contributed by atoms with Gasteiger partial charge in [0.15, 0.2) is 0 Å². The van der Waals surface area contributed by atoms with Crippen molar-refractivity contribution < 1.29 is 13.2 Å². The summed E-state index contributed by atoms with van der Waals surface area (Å²) in [7, 11) is -0.0873. The minimum absolute atomic E-state index is 0.0256. The number of fused-ring (bicyclic) bond motifs is 1. The molecule has 0 bridgehead atoms. The van der Waals surface area contributed by atoms with Gasteiger partial charge in [0.05, 0.1) is 17.0 Å². The van der Waals surface area contributed by atoms with Crippen LogP contribution in [-0.2, 0) is 27.8 Å². The lowest BCUT2D eigenvalue weighted by molar-refractivity contribution is -0.118. The molecule has 7 heteroatoms. The van der Waals surface area contributed by atoms with Crippen LogP contribution >= 0.6 is 0 Å². The molecule has 1 heterocycles. The summed E-state index contributed by atoms with van der Waals surface area (Å²) >= 11 is 0. The number of carbonyl (C=O) groups excluding carboxylic acids is 1. The Morgan fingerprint density at radius 2 is 1.51 bits per heavy atom. The lowest BCUT2D eigenvalue weighted by atomic mass is 9.84. The highest BCUT2D eigenvalue weighted by atomic mass is 32.2. The van der Waals surface area contributed by atoms with Gasteiger partial charge in [-0.3, -0.25) is 9.78 Å². The first-order valence-corrected chi connectivity index (χ1v) is 14.7. The van der Waals surface area contributed by atoms with Gasteiger partial charge in [-0.15, -0.1) is 0 Å². The van der Waals surface area contributed by atoms with Crippen molar-refractivity contribution in [2.24, 2.45) is 0 Å². The lowest BCUT2D eigenvalue weighted by Gasteiger charge is -2.22. The van der Waals surface area contributed by atoms with Gasteiger partial charge in [0.1, 0.15) is 0 Å². The first-order chi connectivity index (χ1) is 18.5. The van der Waals surface area contributed by atoms with Gasteiger partial charge in [0.2, 0.25) is 5.91 Å². The molecule has 0 atom stereocenters. The monoisotopic (exact) mass is 543 g/mol. The molecule has 4 rings (SSSR count). The Morgan fingerprint density at radius 3 is 2.10 bits per heavy atom. The zero-order valence-electron chi connectivity index (χ0n) is 23.5. The van der Waals surface area contributed by atoms with Gasteiger partial charge in [-0.05, 0) is 83.9 Å². The molecule has 0 unspecified atom stereocenters. The first-order valence-electron chi connectivity index (χ1n) is 13.3. The van der Waals surface area contributed by atoms with Crippen LogP contribution in [0.4, 0.5) is 0 Å². The molecule has 0 aliphatic heterocycles. The van der Waals surface area contributed by atoms with E-state index in [2.05, 4.69) is 56.7 Å². The van der Waals surface area contributed by atoms with Gasteiger partial charge in [0.25, 0.3) is 10.0 Å². The van der Waals surface area contributed by atoms with Crippen molar-refractivity contribution in [1.29, 1.82) is 0 Å². The standard InChI is InChI=1S/C32H37N3O3S/c1-21(2)28-17-25(32-27-10-8-7-9-24(27)15-16-33-32)18-29(22(3)4)30(28)19-31(36)34-39(37,38)26-13-11-23(12-14-26)20-35(5)6/h7-18,21-22H,19-20H2,1-6H3,(H,34,36). The van der Waals surface area contributed by atoms with Crippen LogP contribution in [0.3, 0.4) is 0 Å². The fourth-order valence-electron chi connectivity index (χ4n) is 4.98. The molecular formula is C32H37N3O3S. The van der Waals surface area contributed by atoms with Gasteiger partial charge in [0, 0.05) is 23.7 Å². The van der Waals surface area contributed by atoms with Crippen LogP contribution < -0.4 is 4.72 Å². The summed E-state index contributed by atoms with van der Waals surface area (Å²) in [5.41, 5.74) is 5.80. The number of aromatic nitrogens is 1. The molecule has 3 aromatic carbocycles. The molecule has 1 N–H and O–H groups in total. The lowest BCUT2D eigenvalue weighted by Crippen LogP contribution is -2.32. The van der Waals surface area contributed by atoms with Crippen LogP contribution in [0.2, 0.25) is 0 Å². The van der Waals surface area contributed by atoms with Crippen molar-refractivity contribution in [2.45, 2.75) is 57.4 Å². The summed E-state index contributed by atoms with van der Waals surface area (Å²) in [6.07, 6.45) is 1.79. The van der Waals surface area contributed by atoms with Gasteiger partial charge in [-0.1, -0.05) is 64.1 Å². The second-order valence-electron chi connectivity index (χ2n) is 10.9. The minimum Gasteiger partial charge on any atom is -0.305 e. The highest BCUT2D eigenvalue weighted by Gasteiger charge is 2.23. The smallest absolute Gasteiger partial charge is 0.264 e. The van der Waals surface area contributed by atoms with Crippen LogP contribution in [0.5, 0.6) is 0 Å². The number of nitrogens with zero attached hydrogens (tertiary/aromatic N) is 2. The van der Waals surface area contributed by atoms with E-state index in [9.17, 15) is 13.2 Å². The summed E-state index contributed by atoms with van der Waals surface area (Å²) in [5.74, 6) is -0.297. The maximum Gasteiger partial charge on any atom is 0.264 e. The molecule has 0 aliphatic carbocycles. The van der Waals surface area contributed by atoms with E-state index in [0.29, 0.717) is 6.54 Å². The number of rotatable bonds is 9. The Hall–Kier alpha value is -3.55. The van der Waals surface area contributed by atoms with Crippen molar-refractivity contribution in [3.63, 3.8) is 0 Å². The molecule has 204 valence electrons. The number of hydrogen-bond donors (Lipinski definition) is 1. The Kier molecular flexibility index (Phi) is 8.52. The zero-order chi connectivity index (χ0) is 28.3. The summed E-state index contributed by atoms with van der Waals surface area (Å²) in [6.45, 7) is 9.06. The molecule has 0 saturated heterocycles. The van der Waals surface area contributed by atoms with E-state index in [0.717, 1.165) is 44.3 Å². The topological polar surface area (TPSA) is 79.4 Å². The first kappa shape index (κ1) is 28.5. The van der Waals surface area contributed by atoms with Gasteiger partial charge < -0.3 is 4.90 Å². The van der Waals surface area contributed by atoms with Gasteiger partial charge >= 0.3 is 0 Å². The molecular weight excluding hydrogens is 506 g/mol. The summed E-state index contributed by atoms with van der Waals surface area (Å²) in [5, 5.41) is 2.18. The molecule has 1 aromatic heterocycles.